The Labute approximate surface area is 123 Å². The topological polar surface area (TPSA) is 57.6 Å². The number of nitrogens with zero attached hydrogens (tertiary/aromatic N) is 1. The third-order valence-corrected chi connectivity index (χ3v) is 6.29. The summed E-state index contributed by atoms with van der Waals surface area (Å²) in [7, 11) is -3.82. The van der Waals surface area contributed by atoms with Crippen molar-refractivity contribution >= 4 is 10.0 Å². The van der Waals surface area contributed by atoms with Gasteiger partial charge in [0.15, 0.2) is 11.6 Å². The molecule has 21 heavy (non-hydrogen) atoms. The number of halogens is 2. The molecule has 4 nitrogen and oxygen atoms in total. The molecule has 0 saturated carbocycles. The molecule has 7 heteroatoms. The Morgan fingerprint density at radius 1 is 1.24 bits per heavy atom. The third-order valence-electron chi connectivity index (χ3n) is 4.40. The number of piperidine rings is 1. The average molecular weight is 319 g/mol. The lowest BCUT2D eigenvalue weighted by molar-refractivity contribution is 0.0647. The summed E-state index contributed by atoms with van der Waals surface area (Å²) in [6, 6.07) is 2.59. The van der Waals surface area contributed by atoms with E-state index in [9.17, 15) is 22.3 Å². The van der Waals surface area contributed by atoms with Gasteiger partial charge in [0.2, 0.25) is 10.0 Å². The fourth-order valence-corrected chi connectivity index (χ4v) is 4.06. The largest absolute Gasteiger partial charge is 0.396 e. The van der Waals surface area contributed by atoms with E-state index in [1.807, 2.05) is 6.92 Å². The van der Waals surface area contributed by atoms with Crippen LogP contribution in [0.3, 0.4) is 0 Å². The molecule has 0 amide bonds. The van der Waals surface area contributed by atoms with Crippen molar-refractivity contribution in [2.75, 3.05) is 19.7 Å². The standard InChI is InChI=1S/C14H19F2NO3S/c1-2-14(10-18)5-7-17(8-6-14)21(19,20)11-3-4-12(15)13(16)9-11/h3-4,9,18H,2,5-8,10H2,1H3. The van der Waals surface area contributed by atoms with E-state index in [0.29, 0.717) is 18.9 Å². The second-order valence-corrected chi connectivity index (χ2v) is 7.43. The number of rotatable bonds is 4. The van der Waals surface area contributed by atoms with E-state index < -0.39 is 21.7 Å². The molecule has 0 atom stereocenters. The predicted molar refractivity (Wildman–Crippen MR) is 74.2 cm³/mol. The lowest BCUT2D eigenvalue weighted by Crippen LogP contribution is -2.44. The van der Waals surface area contributed by atoms with Crippen molar-refractivity contribution in [3.63, 3.8) is 0 Å². The van der Waals surface area contributed by atoms with Crippen LogP contribution in [0.1, 0.15) is 26.2 Å². The summed E-state index contributed by atoms with van der Waals surface area (Å²) in [4.78, 5) is -0.241. The van der Waals surface area contributed by atoms with Crippen LogP contribution in [-0.4, -0.2) is 37.5 Å². The molecule has 1 N–H and O–H groups in total. The maximum atomic E-state index is 13.2. The zero-order chi connectivity index (χ0) is 15.7. The molecule has 1 aromatic rings. The number of aliphatic hydroxyl groups excluding tert-OH is 1. The van der Waals surface area contributed by atoms with Crippen LogP contribution in [0.25, 0.3) is 0 Å². The van der Waals surface area contributed by atoms with Crippen molar-refractivity contribution in [3.8, 4) is 0 Å². The van der Waals surface area contributed by atoms with Gasteiger partial charge in [0.05, 0.1) is 4.90 Å². The second kappa shape index (κ2) is 5.98. The van der Waals surface area contributed by atoms with Gasteiger partial charge in [-0.2, -0.15) is 4.31 Å². The summed E-state index contributed by atoms with van der Waals surface area (Å²) < 4.78 is 52.2. The second-order valence-electron chi connectivity index (χ2n) is 5.49. The summed E-state index contributed by atoms with van der Waals surface area (Å²) >= 11 is 0. The van der Waals surface area contributed by atoms with Crippen molar-refractivity contribution in [2.24, 2.45) is 5.41 Å². The van der Waals surface area contributed by atoms with Gasteiger partial charge in [0.25, 0.3) is 0 Å². The molecule has 118 valence electrons. The highest BCUT2D eigenvalue weighted by Gasteiger charge is 2.37. The van der Waals surface area contributed by atoms with Crippen LogP contribution in [0.4, 0.5) is 8.78 Å². The molecule has 0 aliphatic carbocycles. The van der Waals surface area contributed by atoms with Crippen molar-refractivity contribution in [2.45, 2.75) is 31.1 Å². The number of benzene rings is 1. The molecule has 0 aromatic heterocycles. The van der Waals surface area contributed by atoms with Crippen molar-refractivity contribution in [3.05, 3.63) is 29.8 Å². The minimum absolute atomic E-state index is 0.0303. The van der Waals surface area contributed by atoms with Crippen LogP contribution in [0.5, 0.6) is 0 Å². The SMILES string of the molecule is CCC1(CO)CCN(S(=O)(=O)c2ccc(F)c(F)c2)CC1. The molecule has 0 unspecified atom stereocenters. The fourth-order valence-electron chi connectivity index (χ4n) is 2.61. The molecular weight excluding hydrogens is 300 g/mol. The highest BCUT2D eigenvalue weighted by atomic mass is 32.2. The maximum Gasteiger partial charge on any atom is 0.243 e. The Hall–Kier alpha value is -1.05. The zero-order valence-corrected chi connectivity index (χ0v) is 12.7. The quantitative estimate of drug-likeness (QED) is 0.925. The number of hydrogen-bond donors (Lipinski definition) is 1. The number of hydrogen-bond acceptors (Lipinski definition) is 3. The zero-order valence-electron chi connectivity index (χ0n) is 11.8. The van der Waals surface area contributed by atoms with Gasteiger partial charge in [0, 0.05) is 19.7 Å². The highest BCUT2D eigenvalue weighted by molar-refractivity contribution is 7.89. The first kappa shape index (κ1) is 16.3. The van der Waals surface area contributed by atoms with Gasteiger partial charge in [-0.15, -0.1) is 0 Å². The van der Waals surface area contributed by atoms with Crippen LogP contribution < -0.4 is 0 Å². The summed E-state index contributed by atoms with van der Waals surface area (Å²) in [5.41, 5.74) is -0.236. The van der Waals surface area contributed by atoms with Gasteiger partial charge in [0.1, 0.15) is 0 Å². The normalized spacial score (nSPS) is 19.6. The number of sulfonamides is 1. The van der Waals surface area contributed by atoms with Gasteiger partial charge in [-0.1, -0.05) is 6.92 Å². The van der Waals surface area contributed by atoms with Crippen LogP contribution >= 0.6 is 0 Å². The first-order valence-electron chi connectivity index (χ1n) is 6.91. The molecule has 1 heterocycles. The Balaban J connectivity index is 2.20. The van der Waals surface area contributed by atoms with E-state index in [4.69, 9.17) is 0 Å². The molecule has 1 aliphatic rings. The molecule has 1 aliphatic heterocycles. The average Bonchev–Trinajstić information content (AvgIpc) is 2.50. The van der Waals surface area contributed by atoms with Crippen LogP contribution in [0.2, 0.25) is 0 Å². The molecule has 0 bridgehead atoms. The smallest absolute Gasteiger partial charge is 0.243 e. The van der Waals surface area contributed by atoms with E-state index >= 15 is 0 Å². The summed E-state index contributed by atoms with van der Waals surface area (Å²) in [5.74, 6) is -2.25. The Bertz CT molecular complexity index is 605. The molecule has 0 radical (unpaired) electrons. The van der Waals surface area contributed by atoms with Crippen LogP contribution in [-0.2, 0) is 10.0 Å². The van der Waals surface area contributed by atoms with Crippen molar-refractivity contribution < 1.29 is 22.3 Å². The van der Waals surface area contributed by atoms with Crippen LogP contribution in [0, 0.1) is 17.0 Å². The van der Waals surface area contributed by atoms with Crippen LogP contribution in [0.15, 0.2) is 23.1 Å². The van der Waals surface area contributed by atoms with Gasteiger partial charge >= 0.3 is 0 Å². The summed E-state index contributed by atoms with van der Waals surface area (Å²) in [6.45, 7) is 2.55. The predicted octanol–water partition coefficient (Wildman–Crippen LogP) is 2.14. The van der Waals surface area contributed by atoms with E-state index in [1.54, 1.807) is 0 Å². The van der Waals surface area contributed by atoms with Gasteiger partial charge in [-0.25, -0.2) is 17.2 Å². The van der Waals surface area contributed by atoms with E-state index in [-0.39, 0.29) is 30.0 Å². The van der Waals surface area contributed by atoms with Crippen molar-refractivity contribution in [1.29, 1.82) is 0 Å². The minimum atomic E-state index is -3.82. The molecule has 2 rings (SSSR count). The summed E-state index contributed by atoms with van der Waals surface area (Å²) in [6.07, 6.45) is 1.90. The monoisotopic (exact) mass is 319 g/mol. The van der Waals surface area contributed by atoms with Crippen molar-refractivity contribution in [1.82, 2.24) is 4.31 Å². The van der Waals surface area contributed by atoms with Gasteiger partial charge in [-0.05, 0) is 42.9 Å². The Morgan fingerprint density at radius 3 is 2.33 bits per heavy atom. The molecule has 1 fully saturated rings. The lowest BCUT2D eigenvalue weighted by atomic mass is 9.77. The molecule has 0 spiro atoms. The maximum absolute atomic E-state index is 13.2. The summed E-state index contributed by atoms with van der Waals surface area (Å²) in [5, 5.41) is 9.46. The van der Waals surface area contributed by atoms with E-state index in [0.717, 1.165) is 18.6 Å². The van der Waals surface area contributed by atoms with E-state index in [2.05, 4.69) is 0 Å². The lowest BCUT2D eigenvalue weighted by Gasteiger charge is -2.39. The first-order valence-corrected chi connectivity index (χ1v) is 8.35. The number of aliphatic hydroxyl groups is 1. The van der Waals surface area contributed by atoms with Gasteiger partial charge in [-0.3, -0.25) is 0 Å². The minimum Gasteiger partial charge on any atom is -0.396 e. The molecular formula is C14H19F2NO3S. The van der Waals surface area contributed by atoms with E-state index in [1.165, 1.54) is 4.31 Å². The molecule has 1 saturated heterocycles. The Kier molecular flexibility index (Phi) is 4.65. The first-order chi connectivity index (χ1) is 9.84. The fraction of sp³-hybridized carbons (Fsp3) is 0.571. The molecule has 1 aromatic carbocycles. The highest BCUT2D eigenvalue weighted by Crippen LogP contribution is 2.36. The Morgan fingerprint density at radius 2 is 1.86 bits per heavy atom. The van der Waals surface area contributed by atoms with Gasteiger partial charge < -0.3 is 5.11 Å². The third kappa shape index (κ3) is 3.09.